The van der Waals surface area contributed by atoms with Gasteiger partial charge in [-0.05, 0) is 12.0 Å². The molecule has 2 N–H and O–H groups in total. The smallest absolute Gasteiger partial charge is 0.323 e. The Morgan fingerprint density at radius 1 is 1.40 bits per heavy atom. The van der Waals surface area contributed by atoms with Crippen molar-refractivity contribution >= 4 is 16.0 Å². The Kier molecular flexibility index (Phi) is 7.37. The molecule has 1 aromatic rings. The van der Waals surface area contributed by atoms with E-state index in [0.29, 0.717) is 19.4 Å². The minimum Gasteiger partial charge on any atom is -0.480 e. The Bertz CT molecular complexity index is 650. The number of carboxylic acid groups (broad SMARTS) is 1. The highest BCUT2D eigenvalue weighted by Crippen LogP contribution is 2.21. The number of hydrogen-bond donors (Lipinski definition) is 2. The van der Waals surface area contributed by atoms with E-state index in [1.54, 1.807) is 0 Å². The standard InChI is InChI=1S/C17H26N2O5S/c1-2-3-9-16(24-13-14-7-5-4-6-8-14)25(22,23)19-11-10-18-12-15(19)17(20)21/h4-8,15-16,18H,2-3,9-13H2,1H3,(H,20,21). The third kappa shape index (κ3) is 5.24. The van der Waals surface area contributed by atoms with Crippen LogP contribution in [-0.2, 0) is 26.2 Å². The maximum atomic E-state index is 13.0. The summed E-state index contributed by atoms with van der Waals surface area (Å²) in [5.41, 5.74) is -0.151. The van der Waals surface area contributed by atoms with Crippen LogP contribution >= 0.6 is 0 Å². The van der Waals surface area contributed by atoms with Gasteiger partial charge in [-0.1, -0.05) is 50.1 Å². The number of ether oxygens (including phenoxy) is 1. The fourth-order valence-electron chi connectivity index (χ4n) is 2.80. The molecular formula is C17H26N2O5S. The van der Waals surface area contributed by atoms with Gasteiger partial charge in [-0.25, -0.2) is 8.42 Å². The summed E-state index contributed by atoms with van der Waals surface area (Å²) in [6.45, 7) is 2.83. The lowest BCUT2D eigenvalue weighted by Gasteiger charge is -2.35. The summed E-state index contributed by atoms with van der Waals surface area (Å²) in [6.07, 6.45) is 1.88. The molecule has 0 amide bonds. The van der Waals surface area contributed by atoms with Gasteiger partial charge in [0.2, 0.25) is 10.0 Å². The van der Waals surface area contributed by atoms with Gasteiger partial charge in [0.25, 0.3) is 0 Å². The van der Waals surface area contributed by atoms with Gasteiger partial charge in [0.15, 0.2) is 5.44 Å². The molecular weight excluding hydrogens is 344 g/mol. The van der Waals surface area contributed by atoms with E-state index >= 15 is 0 Å². The van der Waals surface area contributed by atoms with E-state index in [9.17, 15) is 18.3 Å². The fourth-order valence-corrected chi connectivity index (χ4v) is 4.68. The lowest BCUT2D eigenvalue weighted by molar-refractivity contribution is -0.141. The predicted octanol–water partition coefficient (Wildman–Crippen LogP) is 1.41. The van der Waals surface area contributed by atoms with E-state index in [1.807, 2.05) is 37.3 Å². The number of piperazine rings is 1. The molecule has 0 bridgehead atoms. The molecule has 0 aromatic heterocycles. The minimum atomic E-state index is -3.87. The molecule has 140 valence electrons. The quantitative estimate of drug-likeness (QED) is 0.682. The third-order valence-corrected chi connectivity index (χ3v) is 6.34. The van der Waals surface area contributed by atoms with Crippen molar-refractivity contribution in [2.24, 2.45) is 0 Å². The number of nitrogens with one attached hydrogen (secondary N) is 1. The van der Waals surface area contributed by atoms with Crippen molar-refractivity contribution < 1.29 is 23.1 Å². The van der Waals surface area contributed by atoms with Crippen LogP contribution in [0.1, 0.15) is 31.7 Å². The molecule has 1 aliphatic heterocycles. The predicted molar refractivity (Wildman–Crippen MR) is 94.5 cm³/mol. The summed E-state index contributed by atoms with van der Waals surface area (Å²) in [6, 6.07) is 8.26. The van der Waals surface area contributed by atoms with Crippen LogP contribution in [0.3, 0.4) is 0 Å². The number of nitrogens with zero attached hydrogens (tertiary/aromatic N) is 1. The lowest BCUT2D eigenvalue weighted by atomic mass is 10.2. The van der Waals surface area contributed by atoms with E-state index in [2.05, 4.69) is 5.32 Å². The van der Waals surface area contributed by atoms with E-state index in [-0.39, 0.29) is 19.7 Å². The van der Waals surface area contributed by atoms with E-state index in [1.165, 1.54) is 0 Å². The number of benzene rings is 1. The molecule has 1 aromatic carbocycles. The van der Waals surface area contributed by atoms with Crippen LogP contribution < -0.4 is 5.32 Å². The first-order valence-corrected chi connectivity index (χ1v) is 10.1. The van der Waals surface area contributed by atoms with Gasteiger partial charge >= 0.3 is 5.97 Å². The molecule has 7 nitrogen and oxygen atoms in total. The second-order valence-electron chi connectivity index (χ2n) is 6.08. The van der Waals surface area contributed by atoms with Gasteiger partial charge < -0.3 is 15.2 Å². The highest BCUT2D eigenvalue weighted by atomic mass is 32.2. The van der Waals surface area contributed by atoms with Gasteiger partial charge in [-0.15, -0.1) is 0 Å². The molecule has 25 heavy (non-hydrogen) atoms. The van der Waals surface area contributed by atoms with Crippen molar-refractivity contribution in [1.82, 2.24) is 9.62 Å². The van der Waals surface area contributed by atoms with Gasteiger partial charge in [0, 0.05) is 19.6 Å². The summed E-state index contributed by atoms with van der Waals surface area (Å²) in [7, 11) is -3.87. The number of hydrogen-bond acceptors (Lipinski definition) is 5. The second-order valence-corrected chi connectivity index (χ2v) is 8.11. The maximum absolute atomic E-state index is 13.0. The number of aliphatic carboxylic acids is 1. The number of sulfonamides is 1. The zero-order valence-corrected chi connectivity index (χ0v) is 15.2. The molecule has 0 radical (unpaired) electrons. The van der Waals surface area contributed by atoms with Crippen LogP contribution in [0, 0.1) is 0 Å². The van der Waals surface area contributed by atoms with Crippen molar-refractivity contribution in [3.8, 4) is 0 Å². The minimum absolute atomic E-state index is 0.105. The van der Waals surface area contributed by atoms with Crippen LogP contribution in [0.4, 0.5) is 0 Å². The highest BCUT2D eigenvalue weighted by molar-refractivity contribution is 7.89. The normalized spacial score (nSPS) is 20.3. The lowest BCUT2D eigenvalue weighted by Crippen LogP contribution is -2.58. The number of unbranched alkanes of at least 4 members (excludes halogenated alkanes) is 1. The molecule has 0 aliphatic carbocycles. The monoisotopic (exact) mass is 370 g/mol. The van der Waals surface area contributed by atoms with Crippen molar-refractivity contribution in [3.05, 3.63) is 35.9 Å². The Labute approximate surface area is 149 Å². The van der Waals surface area contributed by atoms with Crippen molar-refractivity contribution in [2.45, 2.75) is 44.3 Å². The molecule has 1 fully saturated rings. The molecule has 1 aliphatic rings. The van der Waals surface area contributed by atoms with E-state index < -0.39 is 27.5 Å². The Morgan fingerprint density at radius 3 is 2.76 bits per heavy atom. The van der Waals surface area contributed by atoms with E-state index in [0.717, 1.165) is 16.3 Å². The third-order valence-electron chi connectivity index (χ3n) is 4.21. The van der Waals surface area contributed by atoms with Gasteiger partial charge in [0.1, 0.15) is 6.04 Å². The molecule has 8 heteroatoms. The molecule has 2 unspecified atom stereocenters. The van der Waals surface area contributed by atoms with Gasteiger partial charge in [-0.3, -0.25) is 4.79 Å². The Hall–Kier alpha value is -1.48. The maximum Gasteiger partial charge on any atom is 0.323 e. The van der Waals surface area contributed by atoms with Crippen LogP contribution in [-0.4, -0.2) is 54.9 Å². The van der Waals surface area contributed by atoms with Gasteiger partial charge in [0.05, 0.1) is 6.61 Å². The number of carbonyl (C=O) groups is 1. The zero-order chi connectivity index (χ0) is 18.3. The zero-order valence-electron chi connectivity index (χ0n) is 14.4. The Balaban J connectivity index is 2.17. The molecule has 0 spiro atoms. The first kappa shape index (κ1) is 19.8. The van der Waals surface area contributed by atoms with Crippen LogP contribution in [0.15, 0.2) is 30.3 Å². The SMILES string of the molecule is CCCCC(OCc1ccccc1)S(=O)(=O)N1CCNCC1C(=O)O. The Morgan fingerprint density at radius 2 is 2.12 bits per heavy atom. The summed E-state index contributed by atoms with van der Waals surface area (Å²) >= 11 is 0. The number of carboxylic acids is 1. The van der Waals surface area contributed by atoms with Crippen LogP contribution in [0.2, 0.25) is 0 Å². The average Bonchev–Trinajstić information content (AvgIpc) is 2.62. The second kappa shape index (κ2) is 9.28. The fraction of sp³-hybridized carbons (Fsp3) is 0.588. The van der Waals surface area contributed by atoms with E-state index in [4.69, 9.17) is 4.74 Å². The van der Waals surface area contributed by atoms with Crippen LogP contribution in [0.25, 0.3) is 0 Å². The van der Waals surface area contributed by atoms with Crippen molar-refractivity contribution in [3.63, 3.8) is 0 Å². The first-order valence-electron chi connectivity index (χ1n) is 8.56. The molecule has 2 atom stereocenters. The molecule has 0 saturated carbocycles. The molecule has 1 heterocycles. The highest BCUT2D eigenvalue weighted by Gasteiger charge is 2.41. The van der Waals surface area contributed by atoms with Crippen molar-refractivity contribution in [2.75, 3.05) is 19.6 Å². The first-order chi connectivity index (χ1) is 12.0. The average molecular weight is 370 g/mol. The van der Waals surface area contributed by atoms with Crippen molar-refractivity contribution in [1.29, 1.82) is 0 Å². The summed E-state index contributed by atoms with van der Waals surface area (Å²) < 4.78 is 32.9. The van der Waals surface area contributed by atoms with Crippen LogP contribution in [0.5, 0.6) is 0 Å². The summed E-state index contributed by atoms with van der Waals surface area (Å²) in [5.74, 6) is -1.15. The largest absolute Gasteiger partial charge is 0.480 e. The summed E-state index contributed by atoms with van der Waals surface area (Å²) in [5, 5.41) is 12.3. The number of rotatable bonds is 9. The summed E-state index contributed by atoms with van der Waals surface area (Å²) in [4.78, 5) is 11.4. The topological polar surface area (TPSA) is 95.9 Å². The molecule has 2 rings (SSSR count). The van der Waals surface area contributed by atoms with Gasteiger partial charge in [-0.2, -0.15) is 4.31 Å². The molecule has 1 saturated heterocycles.